The fourth-order valence-electron chi connectivity index (χ4n) is 0.498. The predicted octanol–water partition coefficient (Wildman–Crippen LogP) is 0.715. The Kier molecular flexibility index (Phi) is 7.93. The van der Waals surface area contributed by atoms with Crippen molar-refractivity contribution < 1.29 is 23.6 Å². The molecule has 0 rings (SSSR count). The van der Waals surface area contributed by atoms with Gasteiger partial charge in [0.2, 0.25) is 0 Å². The van der Waals surface area contributed by atoms with Crippen LogP contribution in [-0.4, -0.2) is 24.3 Å². The van der Waals surface area contributed by atoms with Crippen molar-refractivity contribution in [2.75, 3.05) is 13.2 Å². The maximum atomic E-state index is 10.8. The Bertz CT molecular complexity index is 174. The topological polar surface area (TPSA) is 84.9 Å². The number of hydrogen-bond donors (Lipinski definition) is 2. The molecule has 0 bridgehead atoms. The van der Waals surface area contributed by atoms with Crippen molar-refractivity contribution in [2.24, 2.45) is 0 Å². The molecular weight excluding hydrogens is 197 g/mol. The summed E-state index contributed by atoms with van der Waals surface area (Å²) in [5, 5.41) is 8.05. The Morgan fingerprint density at radius 3 is 2.77 bits per heavy atom. The molecule has 0 aromatic heterocycles. The summed E-state index contributed by atoms with van der Waals surface area (Å²) >= 11 is 0. The summed E-state index contributed by atoms with van der Waals surface area (Å²) in [7, 11) is -2.59. The van der Waals surface area contributed by atoms with Crippen molar-refractivity contribution in [3.63, 3.8) is 0 Å². The first kappa shape index (κ1) is 12.6. The standard InChI is InChI=1S/C6H14NO5P/c1-2-3-4-11-13(10)12-5-6(8)7-9/h9,13H,2-5H2,1H3,(H,7,8). The van der Waals surface area contributed by atoms with Gasteiger partial charge in [0, 0.05) is 0 Å². The van der Waals surface area contributed by atoms with E-state index in [1.54, 1.807) is 0 Å². The Hall–Kier alpha value is -0.420. The third-order valence-electron chi connectivity index (χ3n) is 1.16. The highest BCUT2D eigenvalue weighted by atomic mass is 31.1. The van der Waals surface area contributed by atoms with E-state index in [-0.39, 0.29) is 0 Å². The van der Waals surface area contributed by atoms with Crippen molar-refractivity contribution in [1.29, 1.82) is 0 Å². The van der Waals surface area contributed by atoms with Crippen LogP contribution < -0.4 is 5.48 Å². The highest BCUT2D eigenvalue weighted by molar-refractivity contribution is 7.33. The lowest BCUT2D eigenvalue weighted by Gasteiger charge is -2.03. The molecule has 0 aliphatic heterocycles. The molecule has 0 aromatic rings. The summed E-state index contributed by atoms with van der Waals surface area (Å²) in [6.07, 6.45) is 1.73. The third-order valence-corrected chi connectivity index (χ3v) is 1.98. The molecular formula is C6H14NO5P. The fraction of sp³-hybridized carbons (Fsp3) is 0.833. The molecule has 1 amide bonds. The molecule has 0 aromatic carbocycles. The maximum Gasteiger partial charge on any atom is 0.319 e. The molecule has 1 unspecified atom stereocenters. The Morgan fingerprint density at radius 2 is 2.23 bits per heavy atom. The second kappa shape index (κ2) is 8.19. The number of carbonyl (C=O) groups excluding carboxylic acids is 1. The lowest BCUT2D eigenvalue weighted by atomic mass is 10.4. The van der Waals surface area contributed by atoms with Gasteiger partial charge in [-0.3, -0.25) is 14.6 Å². The fourth-order valence-corrected chi connectivity index (χ4v) is 1.14. The zero-order valence-corrected chi connectivity index (χ0v) is 8.41. The molecule has 1 atom stereocenters. The van der Waals surface area contributed by atoms with Gasteiger partial charge in [0.25, 0.3) is 5.91 Å². The number of hydrogen-bond acceptors (Lipinski definition) is 5. The Morgan fingerprint density at radius 1 is 1.54 bits per heavy atom. The van der Waals surface area contributed by atoms with Crippen LogP contribution in [0, 0.1) is 0 Å². The SMILES string of the molecule is CCCCO[PH](=O)OCC(=O)NO. The number of rotatable bonds is 7. The summed E-state index contributed by atoms with van der Waals surface area (Å²) in [6, 6.07) is 0. The molecule has 0 spiro atoms. The number of nitrogens with one attached hydrogen (secondary N) is 1. The highest BCUT2D eigenvalue weighted by Crippen LogP contribution is 2.23. The predicted molar refractivity (Wildman–Crippen MR) is 45.7 cm³/mol. The monoisotopic (exact) mass is 211 g/mol. The second-order valence-electron chi connectivity index (χ2n) is 2.28. The second-order valence-corrected chi connectivity index (χ2v) is 3.35. The number of carbonyl (C=O) groups is 1. The van der Waals surface area contributed by atoms with Gasteiger partial charge in [-0.25, -0.2) is 5.48 Å². The van der Waals surface area contributed by atoms with E-state index in [0.29, 0.717) is 6.61 Å². The van der Waals surface area contributed by atoms with Gasteiger partial charge in [-0.1, -0.05) is 13.3 Å². The Balaban J connectivity index is 3.35. The van der Waals surface area contributed by atoms with Crippen LogP contribution in [0.5, 0.6) is 0 Å². The van der Waals surface area contributed by atoms with Crippen LogP contribution in [0.25, 0.3) is 0 Å². The van der Waals surface area contributed by atoms with Crippen LogP contribution in [0.15, 0.2) is 0 Å². The van der Waals surface area contributed by atoms with E-state index >= 15 is 0 Å². The van der Waals surface area contributed by atoms with E-state index in [4.69, 9.17) is 9.73 Å². The number of unbranched alkanes of at least 4 members (excludes halogenated alkanes) is 1. The molecule has 0 radical (unpaired) electrons. The van der Waals surface area contributed by atoms with Gasteiger partial charge in [-0.2, -0.15) is 0 Å². The van der Waals surface area contributed by atoms with Crippen LogP contribution >= 0.6 is 8.25 Å². The zero-order valence-electron chi connectivity index (χ0n) is 7.41. The van der Waals surface area contributed by atoms with Crippen molar-refractivity contribution >= 4 is 14.2 Å². The van der Waals surface area contributed by atoms with E-state index in [1.165, 1.54) is 5.48 Å². The molecule has 0 saturated carbocycles. The average Bonchev–Trinajstić information content (AvgIpc) is 2.14. The lowest BCUT2D eigenvalue weighted by Crippen LogP contribution is -2.22. The van der Waals surface area contributed by atoms with Gasteiger partial charge < -0.3 is 9.05 Å². The van der Waals surface area contributed by atoms with E-state index < -0.39 is 20.8 Å². The summed E-state index contributed by atoms with van der Waals surface area (Å²) < 4.78 is 20.1. The first-order chi connectivity index (χ1) is 6.20. The smallest absolute Gasteiger partial charge is 0.311 e. The molecule has 0 heterocycles. The van der Waals surface area contributed by atoms with Crippen LogP contribution in [0.1, 0.15) is 19.8 Å². The number of hydroxylamine groups is 1. The normalized spacial score (nSPS) is 12.5. The Labute approximate surface area is 77.1 Å². The minimum atomic E-state index is -2.59. The summed E-state index contributed by atoms with van der Waals surface area (Å²) in [5.74, 6) is -0.752. The summed E-state index contributed by atoms with van der Waals surface area (Å²) in [5.41, 5.74) is 1.35. The largest absolute Gasteiger partial charge is 0.319 e. The quantitative estimate of drug-likeness (QED) is 0.280. The maximum absolute atomic E-state index is 10.8. The van der Waals surface area contributed by atoms with Gasteiger partial charge in [-0.05, 0) is 6.42 Å². The minimum absolute atomic E-state index is 0.356. The van der Waals surface area contributed by atoms with Gasteiger partial charge >= 0.3 is 8.25 Å². The van der Waals surface area contributed by atoms with Gasteiger partial charge in [0.15, 0.2) is 0 Å². The highest BCUT2D eigenvalue weighted by Gasteiger charge is 2.03. The molecule has 7 heteroatoms. The molecule has 0 fully saturated rings. The van der Waals surface area contributed by atoms with Crippen molar-refractivity contribution in [3.05, 3.63) is 0 Å². The van der Waals surface area contributed by atoms with Crippen LogP contribution in [0.4, 0.5) is 0 Å². The number of amides is 1. The van der Waals surface area contributed by atoms with Crippen LogP contribution in [-0.2, 0) is 18.4 Å². The summed E-state index contributed by atoms with van der Waals surface area (Å²) in [6.45, 7) is 1.87. The molecule has 6 nitrogen and oxygen atoms in total. The molecule has 0 aliphatic carbocycles. The van der Waals surface area contributed by atoms with Crippen molar-refractivity contribution in [2.45, 2.75) is 19.8 Å². The van der Waals surface area contributed by atoms with Crippen molar-refractivity contribution in [1.82, 2.24) is 5.48 Å². The zero-order chi connectivity index (χ0) is 10.1. The average molecular weight is 211 g/mol. The lowest BCUT2D eigenvalue weighted by molar-refractivity contribution is -0.131. The van der Waals surface area contributed by atoms with Crippen LogP contribution in [0.2, 0.25) is 0 Å². The van der Waals surface area contributed by atoms with Crippen LogP contribution in [0.3, 0.4) is 0 Å². The van der Waals surface area contributed by atoms with Gasteiger partial charge in [0.05, 0.1) is 6.61 Å². The summed E-state index contributed by atoms with van der Waals surface area (Å²) in [4.78, 5) is 10.4. The third kappa shape index (κ3) is 7.93. The molecule has 2 N–H and O–H groups in total. The molecule has 0 saturated heterocycles. The van der Waals surface area contributed by atoms with Gasteiger partial charge in [0.1, 0.15) is 6.61 Å². The molecule has 13 heavy (non-hydrogen) atoms. The first-order valence-electron chi connectivity index (χ1n) is 3.93. The minimum Gasteiger partial charge on any atom is -0.311 e. The van der Waals surface area contributed by atoms with E-state index in [0.717, 1.165) is 12.8 Å². The van der Waals surface area contributed by atoms with Crippen molar-refractivity contribution in [3.8, 4) is 0 Å². The van der Waals surface area contributed by atoms with E-state index in [9.17, 15) is 9.36 Å². The molecule has 78 valence electrons. The van der Waals surface area contributed by atoms with E-state index in [1.807, 2.05) is 6.92 Å². The first-order valence-corrected chi connectivity index (χ1v) is 5.15. The molecule has 0 aliphatic rings. The van der Waals surface area contributed by atoms with Gasteiger partial charge in [-0.15, -0.1) is 0 Å². The van der Waals surface area contributed by atoms with E-state index in [2.05, 4.69) is 4.52 Å².